The van der Waals surface area contributed by atoms with Crippen LogP contribution in [0.4, 0.5) is 4.79 Å². The van der Waals surface area contributed by atoms with Crippen molar-refractivity contribution in [2.75, 3.05) is 20.3 Å². The molecule has 0 rings (SSSR count). The molecular formula is C9H18N2O4. The van der Waals surface area contributed by atoms with Gasteiger partial charge in [-0.05, 0) is 6.92 Å². The van der Waals surface area contributed by atoms with Crippen molar-refractivity contribution in [2.24, 2.45) is 11.7 Å². The maximum absolute atomic E-state index is 11.1. The molecule has 88 valence electrons. The number of hydrogen-bond donors (Lipinski definition) is 2. The number of ether oxygens (including phenoxy) is 2. The van der Waals surface area contributed by atoms with Crippen molar-refractivity contribution in [1.82, 2.24) is 5.32 Å². The van der Waals surface area contributed by atoms with E-state index in [-0.39, 0.29) is 24.5 Å². The molecule has 0 aromatic rings. The second-order valence-corrected chi connectivity index (χ2v) is 3.22. The molecule has 0 heterocycles. The number of methoxy groups -OCH3 is 1. The zero-order chi connectivity index (χ0) is 11.8. The second kappa shape index (κ2) is 7.05. The SMILES string of the molecule is COC(=O)C(C)C(C)NCCOC(N)=O. The van der Waals surface area contributed by atoms with E-state index in [0.29, 0.717) is 6.54 Å². The first-order chi connectivity index (χ1) is 6.99. The van der Waals surface area contributed by atoms with Crippen LogP contribution >= 0.6 is 0 Å². The average molecular weight is 218 g/mol. The van der Waals surface area contributed by atoms with Crippen LogP contribution in [0.1, 0.15) is 13.8 Å². The van der Waals surface area contributed by atoms with E-state index in [1.54, 1.807) is 6.92 Å². The van der Waals surface area contributed by atoms with Gasteiger partial charge in [-0.15, -0.1) is 0 Å². The van der Waals surface area contributed by atoms with Crippen molar-refractivity contribution in [1.29, 1.82) is 0 Å². The van der Waals surface area contributed by atoms with E-state index >= 15 is 0 Å². The Morgan fingerprint density at radius 1 is 1.40 bits per heavy atom. The van der Waals surface area contributed by atoms with E-state index in [4.69, 9.17) is 5.73 Å². The zero-order valence-electron chi connectivity index (χ0n) is 9.28. The van der Waals surface area contributed by atoms with Crippen molar-refractivity contribution < 1.29 is 19.1 Å². The summed E-state index contributed by atoms with van der Waals surface area (Å²) in [5.41, 5.74) is 4.78. The molecule has 2 unspecified atom stereocenters. The Hall–Kier alpha value is -1.30. The summed E-state index contributed by atoms with van der Waals surface area (Å²) in [4.78, 5) is 21.4. The van der Waals surface area contributed by atoms with Crippen LogP contribution in [-0.2, 0) is 14.3 Å². The normalized spacial score (nSPS) is 14.1. The van der Waals surface area contributed by atoms with Gasteiger partial charge in [-0.2, -0.15) is 0 Å². The van der Waals surface area contributed by atoms with Gasteiger partial charge in [0.25, 0.3) is 0 Å². The highest BCUT2D eigenvalue weighted by Gasteiger charge is 2.19. The quantitative estimate of drug-likeness (QED) is 0.478. The molecular weight excluding hydrogens is 200 g/mol. The molecule has 0 aromatic carbocycles. The highest BCUT2D eigenvalue weighted by molar-refractivity contribution is 5.72. The van der Waals surface area contributed by atoms with Crippen LogP contribution in [0.2, 0.25) is 0 Å². The first-order valence-electron chi connectivity index (χ1n) is 4.72. The van der Waals surface area contributed by atoms with Gasteiger partial charge in [-0.1, -0.05) is 6.92 Å². The number of hydrogen-bond acceptors (Lipinski definition) is 5. The van der Waals surface area contributed by atoms with Gasteiger partial charge in [-0.3, -0.25) is 4.79 Å². The minimum Gasteiger partial charge on any atom is -0.469 e. The fourth-order valence-electron chi connectivity index (χ4n) is 1.01. The molecule has 0 aromatic heterocycles. The Kier molecular flexibility index (Phi) is 6.44. The van der Waals surface area contributed by atoms with E-state index in [2.05, 4.69) is 14.8 Å². The lowest BCUT2D eigenvalue weighted by atomic mass is 10.0. The lowest BCUT2D eigenvalue weighted by Gasteiger charge is -2.18. The standard InChI is InChI=1S/C9H18N2O4/c1-6(8(12)14-3)7(2)11-4-5-15-9(10)13/h6-7,11H,4-5H2,1-3H3,(H2,10,13). The summed E-state index contributed by atoms with van der Waals surface area (Å²) >= 11 is 0. The third-order valence-electron chi connectivity index (χ3n) is 2.14. The third kappa shape index (κ3) is 5.90. The maximum atomic E-state index is 11.1. The topological polar surface area (TPSA) is 90.7 Å². The molecule has 6 heteroatoms. The monoisotopic (exact) mass is 218 g/mol. The Morgan fingerprint density at radius 2 is 2.00 bits per heavy atom. The van der Waals surface area contributed by atoms with Crippen molar-refractivity contribution in [3.05, 3.63) is 0 Å². The maximum Gasteiger partial charge on any atom is 0.404 e. The number of primary amides is 1. The smallest absolute Gasteiger partial charge is 0.404 e. The van der Waals surface area contributed by atoms with E-state index in [1.807, 2.05) is 6.92 Å². The largest absolute Gasteiger partial charge is 0.469 e. The van der Waals surface area contributed by atoms with Crippen LogP contribution < -0.4 is 11.1 Å². The van der Waals surface area contributed by atoms with Crippen LogP contribution in [0, 0.1) is 5.92 Å². The van der Waals surface area contributed by atoms with Crippen LogP contribution in [0.5, 0.6) is 0 Å². The Balaban J connectivity index is 3.68. The third-order valence-corrected chi connectivity index (χ3v) is 2.14. The number of amides is 1. The zero-order valence-corrected chi connectivity index (χ0v) is 9.28. The number of rotatable bonds is 6. The molecule has 3 N–H and O–H groups in total. The summed E-state index contributed by atoms with van der Waals surface area (Å²) < 4.78 is 9.11. The van der Waals surface area contributed by atoms with E-state index in [0.717, 1.165) is 0 Å². The van der Waals surface area contributed by atoms with Gasteiger partial charge >= 0.3 is 12.1 Å². The fourth-order valence-corrected chi connectivity index (χ4v) is 1.01. The molecule has 0 aliphatic rings. The van der Waals surface area contributed by atoms with Crippen LogP contribution in [0.15, 0.2) is 0 Å². The van der Waals surface area contributed by atoms with Crippen LogP contribution in [0.3, 0.4) is 0 Å². The summed E-state index contributed by atoms with van der Waals surface area (Å²) in [6.45, 7) is 4.25. The molecule has 15 heavy (non-hydrogen) atoms. The van der Waals surface area contributed by atoms with Crippen LogP contribution in [-0.4, -0.2) is 38.4 Å². The number of esters is 1. The van der Waals surface area contributed by atoms with Gasteiger partial charge in [0.2, 0.25) is 0 Å². The molecule has 6 nitrogen and oxygen atoms in total. The molecule has 0 aliphatic heterocycles. The molecule has 0 aliphatic carbocycles. The molecule has 0 radical (unpaired) electrons. The van der Waals surface area contributed by atoms with Crippen molar-refractivity contribution in [2.45, 2.75) is 19.9 Å². The van der Waals surface area contributed by atoms with Gasteiger partial charge in [-0.25, -0.2) is 4.79 Å². The minimum absolute atomic E-state index is 0.0473. The highest BCUT2D eigenvalue weighted by Crippen LogP contribution is 2.03. The average Bonchev–Trinajstić information content (AvgIpc) is 2.21. The van der Waals surface area contributed by atoms with Crippen molar-refractivity contribution >= 4 is 12.1 Å². The predicted molar refractivity (Wildman–Crippen MR) is 54.2 cm³/mol. The summed E-state index contributed by atoms with van der Waals surface area (Å²) in [6, 6.07) is -0.0473. The number of carbonyl (C=O) groups is 2. The number of nitrogens with two attached hydrogens (primary N) is 1. The Bertz CT molecular complexity index is 220. The van der Waals surface area contributed by atoms with E-state index in [9.17, 15) is 9.59 Å². The minimum atomic E-state index is -0.800. The van der Waals surface area contributed by atoms with Gasteiger partial charge in [0, 0.05) is 12.6 Å². The Labute approximate surface area is 89.1 Å². The first kappa shape index (κ1) is 13.7. The van der Waals surface area contributed by atoms with Crippen molar-refractivity contribution in [3.63, 3.8) is 0 Å². The highest BCUT2D eigenvalue weighted by atomic mass is 16.5. The fraction of sp³-hybridized carbons (Fsp3) is 0.778. The molecule has 0 saturated carbocycles. The molecule has 2 atom stereocenters. The molecule has 0 saturated heterocycles. The van der Waals surface area contributed by atoms with Gasteiger partial charge < -0.3 is 20.5 Å². The van der Waals surface area contributed by atoms with E-state index in [1.165, 1.54) is 7.11 Å². The lowest BCUT2D eigenvalue weighted by molar-refractivity contribution is -0.145. The van der Waals surface area contributed by atoms with Gasteiger partial charge in [0.15, 0.2) is 0 Å². The van der Waals surface area contributed by atoms with E-state index < -0.39 is 6.09 Å². The molecule has 1 amide bonds. The van der Waals surface area contributed by atoms with Crippen molar-refractivity contribution in [3.8, 4) is 0 Å². The summed E-state index contributed by atoms with van der Waals surface area (Å²) in [6.07, 6.45) is -0.800. The predicted octanol–water partition coefficient (Wildman–Crippen LogP) is -0.131. The Morgan fingerprint density at radius 3 is 2.47 bits per heavy atom. The molecule has 0 spiro atoms. The first-order valence-corrected chi connectivity index (χ1v) is 4.72. The molecule has 0 bridgehead atoms. The number of carbonyl (C=O) groups excluding carboxylic acids is 2. The summed E-state index contributed by atoms with van der Waals surface area (Å²) in [5.74, 6) is -0.519. The summed E-state index contributed by atoms with van der Waals surface area (Å²) in [5, 5.41) is 3.02. The summed E-state index contributed by atoms with van der Waals surface area (Å²) in [7, 11) is 1.35. The van der Waals surface area contributed by atoms with Gasteiger partial charge in [0.1, 0.15) is 6.61 Å². The van der Waals surface area contributed by atoms with Crippen LogP contribution in [0.25, 0.3) is 0 Å². The van der Waals surface area contributed by atoms with Gasteiger partial charge in [0.05, 0.1) is 13.0 Å². The number of nitrogens with one attached hydrogen (secondary N) is 1. The molecule has 0 fully saturated rings. The lowest BCUT2D eigenvalue weighted by Crippen LogP contribution is -2.38. The second-order valence-electron chi connectivity index (χ2n) is 3.22.